The number of halogens is 1. The highest BCUT2D eigenvalue weighted by Crippen LogP contribution is 2.27. The second kappa shape index (κ2) is 9.46. The number of hydrogen-bond acceptors (Lipinski definition) is 4. The summed E-state index contributed by atoms with van der Waals surface area (Å²) in [6.07, 6.45) is 1.99. The van der Waals surface area contributed by atoms with Crippen molar-refractivity contribution in [1.82, 2.24) is 14.1 Å². The minimum atomic E-state index is -3.70. The van der Waals surface area contributed by atoms with E-state index in [1.165, 1.54) is 10.4 Å². The predicted molar refractivity (Wildman–Crippen MR) is 116 cm³/mol. The number of hydrogen-bond donors (Lipinski definition) is 0. The quantitative estimate of drug-likeness (QED) is 0.710. The molecule has 4 rings (SSSR count). The van der Waals surface area contributed by atoms with Crippen LogP contribution in [-0.2, 0) is 21.4 Å². The third kappa shape index (κ3) is 4.81. The average molecular weight is 446 g/mol. The number of carbonyl (C=O) groups is 1. The molecule has 0 N–H and O–H groups in total. The van der Waals surface area contributed by atoms with Crippen LogP contribution < -0.4 is 0 Å². The first kappa shape index (κ1) is 21.9. The van der Waals surface area contributed by atoms with E-state index in [0.29, 0.717) is 51.1 Å². The molecule has 2 aromatic rings. The molecule has 0 aromatic heterocycles. The third-order valence-corrected chi connectivity index (χ3v) is 8.01. The SMILES string of the molecule is O=C(C1CCCN1S(=O)(=O)c1ccccc1)N1CCCN(Cc2ccccc2F)CC1. The molecule has 2 heterocycles. The molecule has 166 valence electrons. The van der Waals surface area contributed by atoms with Gasteiger partial charge in [-0.2, -0.15) is 4.31 Å². The number of sulfonamides is 1. The first-order valence-electron chi connectivity index (χ1n) is 10.8. The van der Waals surface area contributed by atoms with Gasteiger partial charge in [-0.3, -0.25) is 9.69 Å². The Morgan fingerprint density at radius 3 is 2.42 bits per heavy atom. The van der Waals surface area contributed by atoms with E-state index < -0.39 is 16.1 Å². The molecule has 1 atom stereocenters. The van der Waals surface area contributed by atoms with Crippen molar-refractivity contribution >= 4 is 15.9 Å². The Morgan fingerprint density at radius 2 is 1.65 bits per heavy atom. The molecule has 0 spiro atoms. The van der Waals surface area contributed by atoms with E-state index in [9.17, 15) is 17.6 Å². The first-order valence-corrected chi connectivity index (χ1v) is 12.2. The Labute approximate surface area is 183 Å². The van der Waals surface area contributed by atoms with Crippen LogP contribution >= 0.6 is 0 Å². The minimum Gasteiger partial charge on any atom is -0.340 e. The molecular weight excluding hydrogens is 417 g/mol. The molecule has 2 aromatic carbocycles. The molecule has 2 saturated heterocycles. The van der Waals surface area contributed by atoms with Gasteiger partial charge in [0.2, 0.25) is 15.9 Å². The van der Waals surface area contributed by atoms with E-state index >= 15 is 0 Å². The fourth-order valence-corrected chi connectivity index (χ4v) is 6.10. The first-order chi connectivity index (χ1) is 15.0. The number of carbonyl (C=O) groups excluding carboxylic acids is 1. The monoisotopic (exact) mass is 445 g/mol. The lowest BCUT2D eigenvalue weighted by molar-refractivity contribution is -0.134. The number of nitrogens with zero attached hydrogens (tertiary/aromatic N) is 3. The zero-order chi connectivity index (χ0) is 21.8. The summed E-state index contributed by atoms with van der Waals surface area (Å²) >= 11 is 0. The van der Waals surface area contributed by atoms with Crippen molar-refractivity contribution in [3.63, 3.8) is 0 Å². The van der Waals surface area contributed by atoms with E-state index in [1.807, 2.05) is 6.07 Å². The van der Waals surface area contributed by atoms with Crippen molar-refractivity contribution in [3.05, 3.63) is 66.0 Å². The highest BCUT2D eigenvalue weighted by molar-refractivity contribution is 7.89. The smallest absolute Gasteiger partial charge is 0.243 e. The molecule has 1 unspecified atom stereocenters. The number of rotatable bonds is 5. The molecule has 0 radical (unpaired) electrons. The molecule has 2 fully saturated rings. The topological polar surface area (TPSA) is 60.9 Å². The maximum Gasteiger partial charge on any atom is 0.243 e. The van der Waals surface area contributed by atoms with Crippen molar-refractivity contribution in [3.8, 4) is 0 Å². The molecular formula is C23H28FN3O3S. The second-order valence-electron chi connectivity index (χ2n) is 8.13. The normalized spacial score (nSPS) is 21.2. The van der Waals surface area contributed by atoms with Crippen molar-refractivity contribution in [2.75, 3.05) is 32.7 Å². The maximum absolute atomic E-state index is 14.0. The van der Waals surface area contributed by atoms with Gasteiger partial charge in [0.25, 0.3) is 0 Å². The number of amides is 1. The van der Waals surface area contributed by atoms with Crippen molar-refractivity contribution in [1.29, 1.82) is 0 Å². The van der Waals surface area contributed by atoms with Crippen LogP contribution in [0.1, 0.15) is 24.8 Å². The summed E-state index contributed by atoms with van der Waals surface area (Å²) in [5.74, 6) is -0.336. The molecule has 2 aliphatic rings. The predicted octanol–water partition coefficient (Wildman–Crippen LogP) is 2.71. The number of benzene rings is 2. The lowest BCUT2D eigenvalue weighted by Crippen LogP contribution is -2.48. The highest BCUT2D eigenvalue weighted by atomic mass is 32.2. The van der Waals surface area contributed by atoms with Crippen LogP contribution in [0.3, 0.4) is 0 Å². The van der Waals surface area contributed by atoms with Gasteiger partial charge in [0.05, 0.1) is 4.90 Å². The zero-order valence-electron chi connectivity index (χ0n) is 17.5. The lowest BCUT2D eigenvalue weighted by Gasteiger charge is -2.29. The van der Waals surface area contributed by atoms with Crippen LogP contribution in [0.25, 0.3) is 0 Å². The fraction of sp³-hybridized carbons (Fsp3) is 0.435. The molecule has 31 heavy (non-hydrogen) atoms. The Bertz CT molecular complexity index is 1020. The van der Waals surface area contributed by atoms with Crippen LogP contribution in [-0.4, -0.2) is 67.2 Å². The molecule has 0 aliphatic carbocycles. The van der Waals surface area contributed by atoms with Gasteiger partial charge >= 0.3 is 0 Å². The molecule has 2 aliphatic heterocycles. The standard InChI is InChI=1S/C23H28FN3O3S/c24-21-11-5-4-8-19(21)18-25-13-7-14-26(17-16-25)23(28)22-12-6-15-27(22)31(29,30)20-9-2-1-3-10-20/h1-5,8-11,22H,6-7,12-18H2. The van der Waals surface area contributed by atoms with Crippen molar-refractivity contribution in [2.24, 2.45) is 0 Å². The minimum absolute atomic E-state index is 0.121. The van der Waals surface area contributed by atoms with E-state index in [2.05, 4.69) is 4.90 Å². The van der Waals surface area contributed by atoms with Crippen LogP contribution in [0.4, 0.5) is 4.39 Å². The van der Waals surface area contributed by atoms with Gasteiger partial charge in [-0.25, -0.2) is 12.8 Å². The van der Waals surface area contributed by atoms with Gasteiger partial charge in [-0.1, -0.05) is 36.4 Å². The van der Waals surface area contributed by atoms with Crippen molar-refractivity contribution < 1.29 is 17.6 Å². The second-order valence-corrected chi connectivity index (χ2v) is 10.0. The summed E-state index contributed by atoms with van der Waals surface area (Å²) in [5.41, 5.74) is 0.651. The van der Waals surface area contributed by atoms with E-state index in [4.69, 9.17) is 0 Å². The summed E-state index contributed by atoms with van der Waals surface area (Å²) in [6, 6.07) is 14.4. The fourth-order valence-electron chi connectivity index (χ4n) is 4.43. The summed E-state index contributed by atoms with van der Waals surface area (Å²) in [4.78, 5) is 17.5. The zero-order valence-corrected chi connectivity index (χ0v) is 18.3. The molecule has 8 heteroatoms. The summed E-state index contributed by atoms with van der Waals surface area (Å²) in [6.45, 7) is 3.38. The summed E-state index contributed by atoms with van der Waals surface area (Å²) in [7, 11) is -3.70. The van der Waals surface area contributed by atoms with Gasteiger partial charge in [0.1, 0.15) is 11.9 Å². The molecule has 6 nitrogen and oxygen atoms in total. The summed E-state index contributed by atoms with van der Waals surface area (Å²) in [5, 5.41) is 0. The van der Waals surface area contributed by atoms with Gasteiger partial charge in [-0.15, -0.1) is 0 Å². The van der Waals surface area contributed by atoms with Crippen LogP contribution in [0, 0.1) is 5.82 Å². The highest BCUT2D eigenvalue weighted by Gasteiger charge is 2.41. The lowest BCUT2D eigenvalue weighted by atomic mass is 10.2. The molecule has 0 bridgehead atoms. The summed E-state index contributed by atoms with van der Waals surface area (Å²) < 4.78 is 41.6. The Hall–Kier alpha value is -2.29. The Balaban J connectivity index is 1.42. The van der Waals surface area contributed by atoms with Crippen molar-refractivity contribution in [2.45, 2.75) is 36.7 Å². The van der Waals surface area contributed by atoms with E-state index in [1.54, 1.807) is 47.4 Å². The van der Waals surface area contributed by atoms with Gasteiger partial charge in [0, 0.05) is 44.8 Å². The molecule has 1 amide bonds. The van der Waals surface area contributed by atoms with Crippen LogP contribution in [0.15, 0.2) is 59.5 Å². The van der Waals surface area contributed by atoms with E-state index in [-0.39, 0.29) is 16.6 Å². The van der Waals surface area contributed by atoms with Gasteiger partial charge < -0.3 is 4.90 Å². The average Bonchev–Trinajstić information content (AvgIpc) is 3.17. The Kier molecular flexibility index (Phi) is 6.69. The largest absolute Gasteiger partial charge is 0.340 e. The van der Waals surface area contributed by atoms with Crippen LogP contribution in [0.5, 0.6) is 0 Å². The van der Waals surface area contributed by atoms with E-state index in [0.717, 1.165) is 13.0 Å². The van der Waals surface area contributed by atoms with Crippen LogP contribution in [0.2, 0.25) is 0 Å². The van der Waals surface area contributed by atoms with Gasteiger partial charge in [-0.05, 0) is 37.5 Å². The Morgan fingerprint density at radius 1 is 0.903 bits per heavy atom. The molecule has 0 saturated carbocycles. The third-order valence-electron chi connectivity index (χ3n) is 6.09. The van der Waals surface area contributed by atoms with Gasteiger partial charge in [0.15, 0.2) is 0 Å². The maximum atomic E-state index is 14.0.